The second-order valence-corrected chi connectivity index (χ2v) is 9.76. The maximum atomic E-state index is 12.9. The molecule has 1 N–H and O–H groups in total. The zero-order valence-corrected chi connectivity index (χ0v) is 18.5. The van der Waals surface area contributed by atoms with Gasteiger partial charge in [-0.25, -0.2) is 0 Å². The number of nitrogens with zero attached hydrogens (tertiary/aromatic N) is 1. The van der Waals surface area contributed by atoms with E-state index < -0.39 is 11.0 Å². The summed E-state index contributed by atoms with van der Waals surface area (Å²) in [5.41, 5.74) is 2.72. The van der Waals surface area contributed by atoms with Gasteiger partial charge in [0.25, 0.3) is 0 Å². The van der Waals surface area contributed by atoms with E-state index >= 15 is 0 Å². The van der Waals surface area contributed by atoms with Crippen molar-refractivity contribution in [2.24, 2.45) is 21.7 Å². The highest BCUT2D eigenvalue weighted by molar-refractivity contribution is 5.96. The molecule has 2 fully saturated rings. The van der Waals surface area contributed by atoms with Crippen molar-refractivity contribution in [3.63, 3.8) is 0 Å². The molecular formula is C29H31NO. The van der Waals surface area contributed by atoms with E-state index in [2.05, 4.69) is 62.4 Å². The number of benzene rings is 3. The third-order valence-corrected chi connectivity index (χ3v) is 8.22. The molecule has 2 atom stereocenters. The van der Waals surface area contributed by atoms with E-state index in [1.165, 1.54) is 11.3 Å². The minimum absolute atomic E-state index is 0.0526. The van der Waals surface area contributed by atoms with Gasteiger partial charge >= 0.3 is 0 Å². The summed E-state index contributed by atoms with van der Waals surface area (Å²) in [6.07, 6.45) is 3.07. The Bertz CT molecular complexity index is 1030. The monoisotopic (exact) mass is 409 g/mol. The van der Waals surface area contributed by atoms with Gasteiger partial charge in [-0.2, -0.15) is 0 Å². The number of aliphatic imine (C=N–C) groups is 1. The number of hydrogen-bond donors (Lipinski definition) is 1. The summed E-state index contributed by atoms with van der Waals surface area (Å²) >= 11 is 0. The molecule has 2 saturated carbocycles. The molecule has 0 spiro atoms. The maximum absolute atomic E-state index is 12.9. The molecule has 2 bridgehead atoms. The van der Waals surface area contributed by atoms with Gasteiger partial charge < -0.3 is 5.11 Å². The predicted molar refractivity (Wildman–Crippen MR) is 127 cm³/mol. The molecule has 158 valence electrons. The van der Waals surface area contributed by atoms with E-state index in [0.717, 1.165) is 30.4 Å². The SMILES string of the molecule is CC1(C)[C@@H]2CC[C@]1(C(O)(c1ccccc1)c1ccccc1)C(=NCc1ccccc1)C2. The Hall–Kier alpha value is -2.71. The summed E-state index contributed by atoms with van der Waals surface area (Å²) in [5.74, 6) is 0.543. The van der Waals surface area contributed by atoms with Crippen LogP contribution in [0.5, 0.6) is 0 Å². The van der Waals surface area contributed by atoms with Gasteiger partial charge in [-0.15, -0.1) is 0 Å². The first kappa shape index (κ1) is 20.2. The van der Waals surface area contributed by atoms with Gasteiger partial charge in [-0.1, -0.05) is 105 Å². The summed E-state index contributed by atoms with van der Waals surface area (Å²) in [7, 11) is 0. The van der Waals surface area contributed by atoms with Crippen LogP contribution in [0.3, 0.4) is 0 Å². The lowest BCUT2D eigenvalue weighted by Crippen LogP contribution is -2.55. The molecule has 5 rings (SSSR count). The van der Waals surface area contributed by atoms with E-state index in [1.54, 1.807) is 0 Å². The van der Waals surface area contributed by atoms with Crippen molar-refractivity contribution in [2.45, 2.75) is 45.3 Å². The van der Waals surface area contributed by atoms with Crippen LogP contribution < -0.4 is 0 Å². The van der Waals surface area contributed by atoms with Gasteiger partial charge in [0.2, 0.25) is 0 Å². The molecule has 0 amide bonds. The highest BCUT2D eigenvalue weighted by atomic mass is 16.3. The van der Waals surface area contributed by atoms with E-state index in [9.17, 15) is 5.11 Å². The molecule has 0 aliphatic heterocycles. The molecule has 0 saturated heterocycles. The molecule has 3 aromatic carbocycles. The molecule has 2 aliphatic rings. The van der Waals surface area contributed by atoms with Crippen molar-refractivity contribution in [3.05, 3.63) is 108 Å². The number of aliphatic hydroxyl groups is 1. The number of rotatable bonds is 5. The normalized spacial score (nSPS) is 25.8. The van der Waals surface area contributed by atoms with Crippen LogP contribution in [0.25, 0.3) is 0 Å². The maximum Gasteiger partial charge on any atom is 0.126 e. The number of hydrogen-bond acceptors (Lipinski definition) is 2. The lowest BCUT2D eigenvalue weighted by atomic mass is 9.55. The van der Waals surface area contributed by atoms with Crippen molar-refractivity contribution in [1.82, 2.24) is 0 Å². The summed E-state index contributed by atoms with van der Waals surface area (Å²) in [5, 5.41) is 12.9. The van der Waals surface area contributed by atoms with Crippen LogP contribution in [0.2, 0.25) is 0 Å². The Balaban J connectivity index is 1.72. The molecule has 31 heavy (non-hydrogen) atoms. The Morgan fingerprint density at radius 1 is 0.839 bits per heavy atom. The van der Waals surface area contributed by atoms with Crippen LogP contribution in [0.15, 0.2) is 96.0 Å². The topological polar surface area (TPSA) is 32.6 Å². The first-order valence-electron chi connectivity index (χ1n) is 11.4. The van der Waals surface area contributed by atoms with Crippen LogP contribution in [0, 0.1) is 16.7 Å². The fraction of sp³-hybridized carbons (Fsp3) is 0.345. The van der Waals surface area contributed by atoms with Crippen molar-refractivity contribution in [3.8, 4) is 0 Å². The first-order chi connectivity index (χ1) is 15.0. The van der Waals surface area contributed by atoms with E-state index in [1.807, 2.05) is 42.5 Å². The first-order valence-corrected chi connectivity index (χ1v) is 11.4. The Morgan fingerprint density at radius 3 is 1.87 bits per heavy atom. The molecule has 2 nitrogen and oxygen atoms in total. The second-order valence-electron chi connectivity index (χ2n) is 9.76. The minimum atomic E-state index is -1.13. The van der Waals surface area contributed by atoms with Gasteiger partial charge in [-0.3, -0.25) is 4.99 Å². The van der Waals surface area contributed by atoms with E-state index in [4.69, 9.17) is 4.99 Å². The highest BCUT2D eigenvalue weighted by Crippen LogP contribution is 2.71. The van der Waals surface area contributed by atoms with E-state index in [0.29, 0.717) is 12.5 Å². The molecule has 0 aromatic heterocycles. The molecule has 2 aliphatic carbocycles. The third kappa shape index (κ3) is 2.85. The predicted octanol–water partition coefficient (Wildman–Crippen LogP) is 6.39. The molecular weight excluding hydrogens is 378 g/mol. The zero-order valence-electron chi connectivity index (χ0n) is 18.5. The van der Waals surface area contributed by atoms with Crippen LogP contribution in [-0.2, 0) is 12.1 Å². The molecule has 0 heterocycles. The smallest absolute Gasteiger partial charge is 0.126 e. The molecule has 0 unspecified atom stereocenters. The second kappa shape index (κ2) is 7.46. The molecule has 0 radical (unpaired) electrons. The average molecular weight is 410 g/mol. The summed E-state index contributed by atoms with van der Waals surface area (Å²) in [6.45, 7) is 5.37. The Kier molecular flexibility index (Phi) is 4.86. The van der Waals surface area contributed by atoms with Crippen molar-refractivity contribution in [1.29, 1.82) is 0 Å². The average Bonchev–Trinajstić information content (AvgIpc) is 3.21. The summed E-state index contributed by atoms with van der Waals surface area (Å²) in [4.78, 5) is 5.22. The van der Waals surface area contributed by atoms with Crippen molar-refractivity contribution < 1.29 is 5.11 Å². The van der Waals surface area contributed by atoms with Crippen molar-refractivity contribution >= 4 is 5.71 Å². The fourth-order valence-electron chi connectivity index (χ4n) is 6.55. The third-order valence-electron chi connectivity index (χ3n) is 8.22. The fourth-order valence-corrected chi connectivity index (χ4v) is 6.55. The molecule has 3 aromatic rings. The van der Waals surface area contributed by atoms with Crippen molar-refractivity contribution in [2.75, 3.05) is 0 Å². The minimum Gasteiger partial charge on any atom is -0.379 e. The summed E-state index contributed by atoms with van der Waals surface area (Å²) in [6, 6.07) is 31.0. The van der Waals surface area contributed by atoms with Crippen LogP contribution in [0.1, 0.15) is 49.8 Å². The standard InChI is InChI=1S/C29H31NO/c1-27(2)25-18-19-28(27,26(20-25)30-21-22-12-6-3-7-13-22)29(31,23-14-8-4-9-15-23)24-16-10-5-11-17-24/h3-17,25,31H,18-21H2,1-2H3/t25-,28+/m1/s1. The lowest BCUT2D eigenvalue weighted by Gasteiger charge is -2.51. The van der Waals surface area contributed by atoms with Gasteiger partial charge in [0, 0.05) is 5.71 Å². The number of fused-ring (bicyclic) bond motifs is 2. The lowest BCUT2D eigenvalue weighted by molar-refractivity contribution is -0.0632. The van der Waals surface area contributed by atoms with Gasteiger partial charge in [0.1, 0.15) is 5.60 Å². The van der Waals surface area contributed by atoms with Crippen LogP contribution >= 0.6 is 0 Å². The Morgan fingerprint density at radius 2 is 1.35 bits per heavy atom. The Labute approximate surface area is 185 Å². The van der Waals surface area contributed by atoms with Gasteiger partial charge in [0.15, 0.2) is 0 Å². The van der Waals surface area contributed by atoms with Gasteiger partial charge in [-0.05, 0) is 47.3 Å². The van der Waals surface area contributed by atoms with Crippen LogP contribution in [-0.4, -0.2) is 10.8 Å². The highest BCUT2D eigenvalue weighted by Gasteiger charge is 2.71. The van der Waals surface area contributed by atoms with Gasteiger partial charge in [0.05, 0.1) is 12.0 Å². The zero-order chi connectivity index (χ0) is 21.5. The van der Waals surface area contributed by atoms with Crippen LogP contribution in [0.4, 0.5) is 0 Å². The van der Waals surface area contributed by atoms with E-state index in [-0.39, 0.29) is 5.41 Å². The quantitative estimate of drug-likeness (QED) is 0.520. The molecule has 2 heteroatoms. The largest absolute Gasteiger partial charge is 0.379 e. The summed E-state index contributed by atoms with van der Waals surface area (Å²) < 4.78 is 0.